The van der Waals surface area contributed by atoms with Gasteiger partial charge in [-0.1, -0.05) is 26.7 Å². The van der Waals surface area contributed by atoms with Gasteiger partial charge < -0.3 is 5.32 Å². The largest absolute Gasteiger partial charge is 0.314 e. The number of hydrogen-bond donors (Lipinski definition) is 1. The van der Waals surface area contributed by atoms with E-state index in [1.165, 1.54) is 34.3 Å². The van der Waals surface area contributed by atoms with E-state index in [0.717, 1.165) is 18.4 Å². The standard InChI is InChI=1S/C14H22BrNS/c1-3-16-13(12-6-4-5-10(12)2)9-11-7-8-14(15)17-11/h7-8,10,12-13,16H,3-6,9H2,1-2H3. The fourth-order valence-electron chi connectivity index (χ4n) is 3.09. The summed E-state index contributed by atoms with van der Waals surface area (Å²) in [7, 11) is 0. The van der Waals surface area contributed by atoms with Crippen LogP contribution in [0.5, 0.6) is 0 Å². The van der Waals surface area contributed by atoms with Crippen LogP contribution in [0.3, 0.4) is 0 Å². The zero-order valence-corrected chi connectivity index (χ0v) is 13.1. The third-order valence-corrected chi connectivity index (χ3v) is 5.61. The first-order valence-electron chi connectivity index (χ1n) is 6.68. The molecule has 3 unspecified atom stereocenters. The van der Waals surface area contributed by atoms with E-state index in [-0.39, 0.29) is 0 Å². The van der Waals surface area contributed by atoms with Crippen LogP contribution in [0.4, 0.5) is 0 Å². The third kappa shape index (κ3) is 3.55. The molecular formula is C14H22BrNS. The van der Waals surface area contributed by atoms with Crippen LogP contribution >= 0.6 is 27.3 Å². The maximum atomic E-state index is 3.70. The molecule has 0 amide bonds. The van der Waals surface area contributed by atoms with Gasteiger partial charge in [0, 0.05) is 10.9 Å². The summed E-state index contributed by atoms with van der Waals surface area (Å²) >= 11 is 5.43. The Labute approximate surface area is 117 Å². The first kappa shape index (κ1) is 13.6. The van der Waals surface area contributed by atoms with Crippen LogP contribution in [0.2, 0.25) is 0 Å². The SMILES string of the molecule is CCNC(Cc1ccc(Br)s1)C1CCCC1C. The lowest BCUT2D eigenvalue weighted by Crippen LogP contribution is -2.38. The van der Waals surface area contributed by atoms with Crippen molar-refractivity contribution >= 4 is 27.3 Å². The van der Waals surface area contributed by atoms with Gasteiger partial charge in [0.05, 0.1) is 3.79 Å². The second-order valence-electron chi connectivity index (χ2n) is 5.15. The minimum absolute atomic E-state index is 0.669. The van der Waals surface area contributed by atoms with Gasteiger partial charge in [0.25, 0.3) is 0 Å². The predicted octanol–water partition coefficient (Wildman–Crippen LogP) is 4.47. The summed E-state index contributed by atoms with van der Waals surface area (Å²) < 4.78 is 1.25. The molecule has 17 heavy (non-hydrogen) atoms. The monoisotopic (exact) mass is 315 g/mol. The van der Waals surface area contributed by atoms with Crippen LogP contribution < -0.4 is 5.32 Å². The summed E-state index contributed by atoms with van der Waals surface area (Å²) in [5.74, 6) is 1.76. The molecule has 3 atom stereocenters. The van der Waals surface area contributed by atoms with Crippen LogP contribution in [0.1, 0.15) is 38.0 Å². The molecule has 1 aliphatic carbocycles. The highest BCUT2D eigenvalue weighted by Gasteiger charge is 2.30. The Morgan fingerprint density at radius 2 is 2.29 bits per heavy atom. The van der Waals surface area contributed by atoms with Crippen LogP contribution in [-0.4, -0.2) is 12.6 Å². The van der Waals surface area contributed by atoms with E-state index in [1.807, 2.05) is 11.3 Å². The number of rotatable bonds is 5. The lowest BCUT2D eigenvalue weighted by molar-refractivity contribution is 0.300. The lowest BCUT2D eigenvalue weighted by atomic mass is 9.88. The van der Waals surface area contributed by atoms with Gasteiger partial charge in [0.2, 0.25) is 0 Å². The van der Waals surface area contributed by atoms with Crippen molar-refractivity contribution in [1.82, 2.24) is 5.32 Å². The number of thiophene rings is 1. The molecule has 1 saturated carbocycles. The summed E-state index contributed by atoms with van der Waals surface area (Å²) in [6.45, 7) is 5.73. The molecule has 1 N–H and O–H groups in total. The van der Waals surface area contributed by atoms with Crippen LogP contribution in [-0.2, 0) is 6.42 Å². The summed E-state index contributed by atoms with van der Waals surface area (Å²) in [5.41, 5.74) is 0. The van der Waals surface area contributed by atoms with Gasteiger partial charge in [-0.2, -0.15) is 0 Å². The molecule has 0 radical (unpaired) electrons. The van der Waals surface area contributed by atoms with E-state index in [0.29, 0.717) is 6.04 Å². The first-order valence-corrected chi connectivity index (χ1v) is 8.29. The molecular weight excluding hydrogens is 294 g/mol. The van der Waals surface area contributed by atoms with Crippen molar-refractivity contribution in [1.29, 1.82) is 0 Å². The van der Waals surface area contributed by atoms with Gasteiger partial charge in [-0.25, -0.2) is 0 Å². The zero-order valence-electron chi connectivity index (χ0n) is 10.7. The van der Waals surface area contributed by atoms with Crippen molar-refractivity contribution in [3.63, 3.8) is 0 Å². The molecule has 1 aromatic rings. The molecule has 1 heterocycles. The summed E-state index contributed by atoms with van der Waals surface area (Å²) in [5, 5.41) is 3.70. The Morgan fingerprint density at radius 3 is 2.82 bits per heavy atom. The van der Waals surface area contributed by atoms with Crippen molar-refractivity contribution in [2.24, 2.45) is 11.8 Å². The van der Waals surface area contributed by atoms with Crippen molar-refractivity contribution in [3.05, 3.63) is 20.8 Å². The van der Waals surface area contributed by atoms with Crippen molar-refractivity contribution < 1.29 is 0 Å². The lowest BCUT2D eigenvalue weighted by Gasteiger charge is -2.27. The van der Waals surface area contributed by atoms with E-state index in [9.17, 15) is 0 Å². The summed E-state index contributed by atoms with van der Waals surface area (Å²) in [4.78, 5) is 1.50. The summed E-state index contributed by atoms with van der Waals surface area (Å²) in [6, 6.07) is 5.10. The fourth-order valence-corrected chi connectivity index (χ4v) is 4.63. The molecule has 96 valence electrons. The van der Waals surface area contributed by atoms with Gasteiger partial charge in [0.15, 0.2) is 0 Å². The fraction of sp³-hybridized carbons (Fsp3) is 0.714. The number of likely N-dealkylation sites (N-methyl/N-ethyl adjacent to an activating group) is 1. The molecule has 1 aromatic heterocycles. The highest BCUT2D eigenvalue weighted by molar-refractivity contribution is 9.11. The van der Waals surface area contributed by atoms with E-state index in [2.05, 4.69) is 47.2 Å². The minimum atomic E-state index is 0.669. The average Bonchev–Trinajstić information content (AvgIpc) is 2.87. The number of nitrogens with one attached hydrogen (secondary N) is 1. The zero-order chi connectivity index (χ0) is 12.3. The minimum Gasteiger partial charge on any atom is -0.314 e. The number of hydrogen-bond acceptors (Lipinski definition) is 2. The van der Waals surface area contributed by atoms with E-state index in [4.69, 9.17) is 0 Å². The normalized spacial score (nSPS) is 26.3. The summed E-state index contributed by atoms with van der Waals surface area (Å²) in [6.07, 6.45) is 5.44. The van der Waals surface area contributed by atoms with Crippen molar-refractivity contribution in [2.45, 2.75) is 45.6 Å². The molecule has 0 spiro atoms. The molecule has 1 aliphatic rings. The van der Waals surface area contributed by atoms with Crippen molar-refractivity contribution in [3.8, 4) is 0 Å². The maximum absolute atomic E-state index is 3.70. The van der Waals surface area contributed by atoms with Crippen molar-refractivity contribution in [2.75, 3.05) is 6.54 Å². The molecule has 0 aliphatic heterocycles. The Morgan fingerprint density at radius 1 is 1.47 bits per heavy atom. The van der Waals surface area contributed by atoms with Gasteiger partial charge in [-0.3, -0.25) is 0 Å². The molecule has 1 nitrogen and oxygen atoms in total. The van der Waals surface area contributed by atoms with E-state index in [1.54, 1.807) is 0 Å². The van der Waals surface area contributed by atoms with Crippen LogP contribution in [0.15, 0.2) is 15.9 Å². The molecule has 0 aromatic carbocycles. The molecule has 1 fully saturated rings. The molecule has 2 rings (SSSR count). The van der Waals surface area contributed by atoms with Gasteiger partial charge in [0.1, 0.15) is 0 Å². The molecule has 0 saturated heterocycles. The van der Waals surface area contributed by atoms with Gasteiger partial charge in [-0.15, -0.1) is 11.3 Å². The highest BCUT2D eigenvalue weighted by atomic mass is 79.9. The van der Waals surface area contributed by atoms with E-state index < -0.39 is 0 Å². The average molecular weight is 316 g/mol. The molecule has 3 heteroatoms. The predicted molar refractivity (Wildman–Crippen MR) is 79.7 cm³/mol. The number of halogens is 1. The maximum Gasteiger partial charge on any atom is 0.0701 e. The first-order chi connectivity index (χ1) is 8.20. The highest BCUT2D eigenvalue weighted by Crippen LogP contribution is 2.35. The Bertz CT molecular complexity index is 350. The second kappa shape index (κ2) is 6.35. The topological polar surface area (TPSA) is 12.0 Å². The third-order valence-electron chi connectivity index (χ3n) is 3.96. The van der Waals surface area contributed by atoms with Gasteiger partial charge in [-0.05, 0) is 59.3 Å². The molecule has 0 bridgehead atoms. The second-order valence-corrected chi connectivity index (χ2v) is 7.69. The smallest absolute Gasteiger partial charge is 0.0701 e. The van der Waals surface area contributed by atoms with Gasteiger partial charge >= 0.3 is 0 Å². The Kier molecular flexibility index (Phi) is 5.07. The Hall–Kier alpha value is 0.140. The van der Waals surface area contributed by atoms with E-state index >= 15 is 0 Å². The Balaban J connectivity index is 2.01. The van der Waals surface area contributed by atoms with Crippen LogP contribution in [0.25, 0.3) is 0 Å². The quantitative estimate of drug-likeness (QED) is 0.845. The van der Waals surface area contributed by atoms with Crippen LogP contribution in [0, 0.1) is 11.8 Å².